The molecular weight excluding hydrogens is 186 g/mol. The van der Waals surface area contributed by atoms with Crippen molar-refractivity contribution in [3.8, 4) is 0 Å². The molecule has 0 fully saturated rings. The lowest BCUT2D eigenvalue weighted by Gasteiger charge is -2.27. The number of nitrogens with one attached hydrogen (secondary N) is 1. The fourth-order valence-electron chi connectivity index (χ4n) is 1.55. The predicted molar refractivity (Wildman–Crippen MR) is 63.7 cm³/mol. The van der Waals surface area contributed by atoms with Crippen molar-refractivity contribution in [3.05, 3.63) is 41.6 Å². The van der Waals surface area contributed by atoms with E-state index in [1.165, 1.54) is 11.3 Å². The van der Waals surface area contributed by atoms with Crippen LogP contribution in [0.3, 0.4) is 0 Å². The number of anilines is 1. The topological polar surface area (TPSA) is 27.6 Å². The van der Waals surface area contributed by atoms with Crippen LogP contribution < -0.4 is 10.5 Å². The van der Waals surface area contributed by atoms with Crippen LogP contribution in [0, 0.1) is 6.92 Å². The first kappa shape index (κ1) is 9.77. The minimum absolute atomic E-state index is 0.979. The summed E-state index contributed by atoms with van der Waals surface area (Å²) in [7, 11) is 0. The monoisotopic (exact) mass is 201 g/mol. The second-order valence-electron chi connectivity index (χ2n) is 3.56. The third kappa shape index (κ3) is 2.01. The van der Waals surface area contributed by atoms with E-state index in [1.54, 1.807) is 6.21 Å². The van der Waals surface area contributed by atoms with Crippen molar-refractivity contribution in [2.45, 2.75) is 20.3 Å². The van der Waals surface area contributed by atoms with E-state index in [1.807, 2.05) is 11.1 Å². The predicted octanol–water partition coefficient (Wildman–Crippen LogP) is 2.60. The first-order chi connectivity index (χ1) is 7.31. The molecule has 0 saturated heterocycles. The Balaban J connectivity index is 2.27. The van der Waals surface area contributed by atoms with Crippen molar-refractivity contribution >= 4 is 11.9 Å². The van der Waals surface area contributed by atoms with E-state index in [-0.39, 0.29) is 0 Å². The zero-order valence-corrected chi connectivity index (χ0v) is 9.07. The molecule has 1 heterocycles. The van der Waals surface area contributed by atoms with E-state index in [2.05, 4.69) is 48.7 Å². The summed E-state index contributed by atoms with van der Waals surface area (Å²) in [6, 6.07) is 8.38. The minimum atomic E-state index is 0.979. The zero-order chi connectivity index (χ0) is 10.7. The number of nitrogens with zero attached hydrogens (tertiary/aromatic N) is 2. The molecule has 1 aliphatic heterocycles. The van der Waals surface area contributed by atoms with Gasteiger partial charge >= 0.3 is 0 Å². The Bertz CT molecular complexity index is 390. The van der Waals surface area contributed by atoms with Gasteiger partial charge in [0.05, 0.1) is 11.9 Å². The summed E-state index contributed by atoms with van der Waals surface area (Å²) in [4.78, 5) is 0. The van der Waals surface area contributed by atoms with Crippen LogP contribution in [0.15, 0.2) is 41.1 Å². The van der Waals surface area contributed by atoms with Gasteiger partial charge in [0.15, 0.2) is 0 Å². The molecule has 15 heavy (non-hydrogen) atoms. The number of allylic oxidation sites excluding steroid dienone is 2. The van der Waals surface area contributed by atoms with Gasteiger partial charge in [0.2, 0.25) is 0 Å². The molecule has 0 radical (unpaired) electrons. The van der Waals surface area contributed by atoms with E-state index in [4.69, 9.17) is 0 Å². The van der Waals surface area contributed by atoms with Gasteiger partial charge < -0.3 is 0 Å². The Morgan fingerprint density at radius 2 is 2.00 bits per heavy atom. The molecule has 0 bridgehead atoms. The van der Waals surface area contributed by atoms with Crippen LogP contribution in [0.2, 0.25) is 0 Å². The molecule has 0 amide bonds. The molecular formula is C12H15N3. The molecule has 0 spiro atoms. The fraction of sp³-hybridized carbons (Fsp3) is 0.250. The quantitative estimate of drug-likeness (QED) is 0.796. The van der Waals surface area contributed by atoms with Crippen LogP contribution >= 0.6 is 0 Å². The maximum atomic E-state index is 4.03. The molecule has 0 aromatic heterocycles. The largest absolute Gasteiger partial charge is 0.245 e. The van der Waals surface area contributed by atoms with Crippen LogP contribution in [0.25, 0.3) is 0 Å². The standard InChI is InChI=1S/C12H15N3/c1-3-11-8-9-13-14-15(11)12-6-4-10(2)5-7-12/h4-9,14H,3H2,1-2H3. The highest BCUT2D eigenvalue weighted by molar-refractivity contribution is 5.75. The zero-order valence-electron chi connectivity index (χ0n) is 9.07. The highest BCUT2D eigenvalue weighted by Gasteiger charge is 2.11. The van der Waals surface area contributed by atoms with Gasteiger partial charge in [-0.2, -0.15) is 5.10 Å². The molecule has 0 saturated carbocycles. The maximum Gasteiger partial charge on any atom is 0.0642 e. The van der Waals surface area contributed by atoms with Gasteiger partial charge in [-0.25, -0.2) is 10.5 Å². The van der Waals surface area contributed by atoms with E-state index >= 15 is 0 Å². The van der Waals surface area contributed by atoms with Crippen LogP contribution in [0.4, 0.5) is 5.69 Å². The van der Waals surface area contributed by atoms with Gasteiger partial charge in [0, 0.05) is 5.70 Å². The number of hydrogen-bond acceptors (Lipinski definition) is 3. The van der Waals surface area contributed by atoms with Crippen molar-refractivity contribution in [2.75, 3.05) is 5.01 Å². The Morgan fingerprint density at radius 1 is 1.27 bits per heavy atom. The highest BCUT2D eigenvalue weighted by Crippen LogP contribution is 2.20. The number of hydrazone groups is 1. The van der Waals surface area contributed by atoms with Crippen molar-refractivity contribution < 1.29 is 0 Å². The number of hydrogen-bond donors (Lipinski definition) is 1. The number of benzene rings is 1. The Hall–Kier alpha value is -1.77. The minimum Gasteiger partial charge on any atom is -0.245 e. The summed E-state index contributed by atoms with van der Waals surface area (Å²) in [6.45, 7) is 4.22. The molecule has 1 aliphatic rings. The first-order valence-electron chi connectivity index (χ1n) is 5.16. The average Bonchev–Trinajstić information content (AvgIpc) is 2.30. The van der Waals surface area contributed by atoms with E-state index < -0.39 is 0 Å². The van der Waals surface area contributed by atoms with Crippen molar-refractivity contribution in [1.82, 2.24) is 5.53 Å². The second-order valence-corrected chi connectivity index (χ2v) is 3.56. The molecule has 0 atom stereocenters. The lowest BCUT2D eigenvalue weighted by molar-refractivity contribution is 0.700. The van der Waals surface area contributed by atoms with Crippen LogP contribution in [-0.2, 0) is 0 Å². The van der Waals surface area contributed by atoms with Gasteiger partial charge in [0.1, 0.15) is 0 Å². The van der Waals surface area contributed by atoms with Crippen LogP contribution in [0.1, 0.15) is 18.9 Å². The first-order valence-corrected chi connectivity index (χ1v) is 5.16. The molecule has 3 nitrogen and oxygen atoms in total. The maximum absolute atomic E-state index is 4.03. The van der Waals surface area contributed by atoms with Gasteiger partial charge in [-0.15, -0.1) is 0 Å². The number of rotatable bonds is 2. The Labute approximate surface area is 90.1 Å². The average molecular weight is 201 g/mol. The summed E-state index contributed by atoms with van der Waals surface area (Å²) in [6.07, 6.45) is 4.78. The van der Waals surface area contributed by atoms with Crippen molar-refractivity contribution in [1.29, 1.82) is 0 Å². The van der Waals surface area contributed by atoms with Gasteiger partial charge in [-0.05, 0) is 31.6 Å². The Morgan fingerprint density at radius 3 is 2.67 bits per heavy atom. The van der Waals surface area contributed by atoms with E-state index in [0.717, 1.165) is 12.1 Å². The molecule has 3 heteroatoms. The summed E-state index contributed by atoms with van der Waals surface area (Å²) < 4.78 is 0. The molecule has 1 N–H and O–H groups in total. The molecule has 0 unspecified atom stereocenters. The third-order valence-corrected chi connectivity index (χ3v) is 2.44. The lowest BCUT2D eigenvalue weighted by Crippen LogP contribution is -2.35. The molecule has 1 aromatic rings. The summed E-state index contributed by atoms with van der Waals surface area (Å²) >= 11 is 0. The normalized spacial score (nSPS) is 14.8. The number of aryl methyl sites for hydroxylation is 1. The fourth-order valence-corrected chi connectivity index (χ4v) is 1.55. The molecule has 1 aromatic carbocycles. The smallest absolute Gasteiger partial charge is 0.0642 e. The highest BCUT2D eigenvalue weighted by atomic mass is 15.7. The third-order valence-electron chi connectivity index (χ3n) is 2.44. The second kappa shape index (κ2) is 4.17. The molecule has 0 aliphatic carbocycles. The number of hydrazine groups is 1. The van der Waals surface area contributed by atoms with Crippen molar-refractivity contribution in [2.24, 2.45) is 5.10 Å². The Kier molecular flexibility index (Phi) is 2.72. The molecule has 78 valence electrons. The summed E-state index contributed by atoms with van der Waals surface area (Å²) in [5.74, 6) is 0. The summed E-state index contributed by atoms with van der Waals surface area (Å²) in [5.41, 5.74) is 6.59. The lowest BCUT2D eigenvalue weighted by atomic mass is 10.2. The van der Waals surface area contributed by atoms with Gasteiger partial charge in [-0.1, -0.05) is 24.6 Å². The van der Waals surface area contributed by atoms with E-state index in [9.17, 15) is 0 Å². The van der Waals surface area contributed by atoms with Crippen LogP contribution in [0.5, 0.6) is 0 Å². The molecule has 2 rings (SSSR count). The van der Waals surface area contributed by atoms with Crippen LogP contribution in [-0.4, -0.2) is 6.21 Å². The SMILES string of the molecule is CCC1=CC=NNN1c1ccc(C)cc1. The van der Waals surface area contributed by atoms with E-state index in [0.29, 0.717) is 0 Å². The van der Waals surface area contributed by atoms with Gasteiger partial charge in [-0.3, -0.25) is 0 Å². The van der Waals surface area contributed by atoms with Crippen molar-refractivity contribution in [3.63, 3.8) is 0 Å². The van der Waals surface area contributed by atoms with Gasteiger partial charge in [0.25, 0.3) is 0 Å². The summed E-state index contributed by atoms with van der Waals surface area (Å²) in [5, 5.41) is 6.03.